The number of unbranched alkanes of at least 4 members (excludes halogenated alkanes) is 16. The number of carbonyl (C=O) groups is 3. The molecule has 0 aromatic rings. The predicted octanol–water partition coefficient (Wildman–Crippen LogP) is 8.99. The Morgan fingerprint density at radius 1 is 0.488 bits per heavy atom. The lowest BCUT2D eigenvalue weighted by atomic mass is 9.93. The molecule has 7 nitrogen and oxygen atoms in total. The number of quaternary nitrogens is 1. The van der Waals surface area contributed by atoms with E-state index in [4.69, 9.17) is 0 Å². The fourth-order valence-electron chi connectivity index (χ4n) is 6.63. The molecule has 0 heterocycles. The van der Waals surface area contributed by atoms with Crippen molar-refractivity contribution >= 4 is 17.9 Å². The van der Waals surface area contributed by atoms with E-state index < -0.39 is 40.5 Å². The van der Waals surface area contributed by atoms with E-state index in [0.29, 0.717) is 6.42 Å². The molecular weight excluding hydrogens is 518 g/mol. The number of carboxylic acid groups (broad SMARTS) is 3. The largest absolute Gasteiger partial charge is 0.477 e. The highest BCUT2D eigenvalue weighted by Crippen LogP contribution is 2.32. The number of hydrogen-bond donors (Lipinski definition) is 3. The number of hydrogen-bond acceptors (Lipinski definition) is 3. The first kappa shape index (κ1) is 39.1. The predicted molar refractivity (Wildman–Crippen MR) is 168 cm³/mol. The lowest BCUT2D eigenvalue weighted by molar-refractivity contribution is -0.973. The molecule has 0 aliphatic carbocycles. The Kier molecular flexibility index (Phi) is 23.5. The molecule has 0 aromatic heterocycles. The first-order valence-corrected chi connectivity index (χ1v) is 16.9. The summed E-state index contributed by atoms with van der Waals surface area (Å²) in [5.41, 5.74) is 0. The van der Waals surface area contributed by atoms with Crippen LogP contribution in [0.4, 0.5) is 0 Å². The zero-order valence-corrected chi connectivity index (χ0v) is 27.0. The molecular formula is C34H64NO6+. The van der Waals surface area contributed by atoms with Gasteiger partial charge < -0.3 is 15.3 Å². The van der Waals surface area contributed by atoms with Gasteiger partial charge in [-0.2, -0.15) is 0 Å². The monoisotopic (exact) mass is 582 g/mol. The Morgan fingerprint density at radius 3 is 1.07 bits per heavy atom. The smallest absolute Gasteiger partial charge is 0.362 e. The summed E-state index contributed by atoms with van der Waals surface area (Å²) in [6.45, 7) is 7.62. The van der Waals surface area contributed by atoms with Gasteiger partial charge in [0.2, 0.25) is 0 Å². The lowest BCUT2D eigenvalue weighted by Gasteiger charge is -2.49. The average molecular weight is 583 g/mol. The highest BCUT2D eigenvalue weighted by molar-refractivity contribution is 5.78. The first-order chi connectivity index (χ1) is 19.7. The van der Waals surface area contributed by atoms with Crippen LogP contribution in [0, 0.1) is 0 Å². The zero-order valence-electron chi connectivity index (χ0n) is 27.0. The Bertz CT molecular complexity index is 667. The number of aliphatic carboxylic acids is 3. The van der Waals surface area contributed by atoms with Crippen LogP contribution in [0.15, 0.2) is 12.2 Å². The normalized spacial score (nSPS) is 15.4. The fourth-order valence-corrected chi connectivity index (χ4v) is 6.63. The highest BCUT2D eigenvalue weighted by Gasteiger charge is 2.55. The van der Waals surface area contributed by atoms with Crippen LogP contribution in [-0.2, 0) is 14.4 Å². The molecule has 7 heteroatoms. The zero-order chi connectivity index (χ0) is 30.9. The van der Waals surface area contributed by atoms with Gasteiger partial charge >= 0.3 is 17.9 Å². The van der Waals surface area contributed by atoms with Gasteiger partial charge in [0, 0.05) is 19.3 Å². The summed E-state index contributed by atoms with van der Waals surface area (Å²) in [7, 11) is 0. The molecule has 0 saturated heterocycles. The van der Waals surface area contributed by atoms with Crippen molar-refractivity contribution < 1.29 is 34.2 Å². The van der Waals surface area contributed by atoms with E-state index in [1.54, 1.807) is 20.8 Å². The average Bonchev–Trinajstić information content (AvgIpc) is 2.92. The van der Waals surface area contributed by atoms with Gasteiger partial charge in [-0.25, -0.2) is 14.4 Å². The van der Waals surface area contributed by atoms with Gasteiger partial charge in [-0.1, -0.05) is 123 Å². The van der Waals surface area contributed by atoms with E-state index in [-0.39, 0.29) is 25.8 Å². The number of allylic oxidation sites excluding steroid dienone is 2. The molecule has 0 radical (unpaired) electrons. The van der Waals surface area contributed by atoms with Crippen molar-refractivity contribution in [1.82, 2.24) is 0 Å². The maximum atomic E-state index is 12.3. The van der Waals surface area contributed by atoms with Crippen LogP contribution in [0.5, 0.6) is 0 Å². The van der Waals surface area contributed by atoms with Crippen molar-refractivity contribution in [2.45, 2.75) is 181 Å². The summed E-state index contributed by atoms with van der Waals surface area (Å²) >= 11 is 0. The van der Waals surface area contributed by atoms with E-state index in [1.807, 2.05) is 0 Å². The summed E-state index contributed by atoms with van der Waals surface area (Å²) in [4.78, 5) is 36.8. The van der Waals surface area contributed by atoms with Gasteiger partial charge in [-0.3, -0.25) is 4.48 Å². The standard InChI is InChI=1S/C34H63NO6/c1-5-9-10-11-12-13-14-15-16-17-18-19-20-21-22-23-24-25-26-27-28-35(29(6-2)32(36)37,30(7-3)33(38)39)31(8-4)34(40)41/h10-11,29-31H,5-9,12-28H2,1-4H3,(H2-,36,37,38,39,40,41)/p+1/b11-10+. The Morgan fingerprint density at radius 2 is 0.780 bits per heavy atom. The van der Waals surface area contributed by atoms with E-state index >= 15 is 0 Å². The van der Waals surface area contributed by atoms with Crippen LogP contribution in [0.3, 0.4) is 0 Å². The van der Waals surface area contributed by atoms with Crippen LogP contribution in [0.25, 0.3) is 0 Å². The Labute approximate surface area is 251 Å². The molecule has 0 aliphatic rings. The van der Waals surface area contributed by atoms with Crippen molar-refractivity contribution in [3.63, 3.8) is 0 Å². The second-order valence-electron chi connectivity index (χ2n) is 11.9. The van der Waals surface area contributed by atoms with Crippen LogP contribution in [0.1, 0.15) is 163 Å². The van der Waals surface area contributed by atoms with Crippen molar-refractivity contribution in [3.05, 3.63) is 12.2 Å². The van der Waals surface area contributed by atoms with Crippen molar-refractivity contribution in [2.75, 3.05) is 6.54 Å². The third-order valence-corrected chi connectivity index (χ3v) is 8.79. The summed E-state index contributed by atoms with van der Waals surface area (Å²) < 4.78 is -0.403. The van der Waals surface area contributed by atoms with Crippen LogP contribution in [-0.4, -0.2) is 62.4 Å². The first-order valence-electron chi connectivity index (χ1n) is 16.9. The quantitative estimate of drug-likeness (QED) is 0.0461. The fraction of sp³-hybridized carbons (Fsp3) is 0.853. The molecule has 0 amide bonds. The van der Waals surface area contributed by atoms with Gasteiger partial charge in [0.15, 0.2) is 18.1 Å². The maximum Gasteiger partial charge on any atom is 0.362 e. The van der Waals surface area contributed by atoms with E-state index in [9.17, 15) is 29.7 Å². The van der Waals surface area contributed by atoms with E-state index in [0.717, 1.165) is 19.3 Å². The molecule has 0 aromatic carbocycles. The van der Waals surface area contributed by atoms with Gasteiger partial charge in [-0.05, 0) is 32.1 Å². The van der Waals surface area contributed by atoms with Crippen molar-refractivity contribution in [2.24, 2.45) is 0 Å². The minimum absolute atomic E-state index is 0.194. The van der Waals surface area contributed by atoms with Gasteiger partial charge in [0.25, 0.3) is 0 Å². The van der Waals surface area contributed by atoms with Crippen LogP contribution in [0.2, 0.25) is 0 Å². The number of rotatable bonds is 29. The van der Waals surface area contributed by atoms with Gasteiger partial charge in [0.1, 0.15) is 0 Å². The Balaban J connectivity index is 4.40. The second-order valence-corrected chi connectivity index (χ2v) is 11.9. The summed E-state index contributed by atoms with van der Waals surface area (Å²) in [5.74, 6) is -3.34. The molecule has 0 spiro atoms. The minimum atomic E-state index is -1.11. The molecule has 3 N–H and O–H groups in total. The number of nitrogens with zero attached hydrogens (tertiary/aromatic N) is 1. The lowest BCUT2D eigenvalue weighted by Crippen LogP contribution is -2.72. The Hall–Kier alpha value is -1.89. The second kappa shape index (κ2) is 24.7. The van der Waals surface area contributed by atoms with Crippen molar-refractivity contribution in [1.29, 1.82) is 0 Å². The van der Waals surface area contributed by atoms with E-state index in [2.05, 4.69) is 19.1 Å². The highest BCUT2D eigenvalue weighted by atomic mass is 16.4. The molecule has 41 heavy (non-hydrogen) atoms. The molecule has 240 valence electrons. The number of carboxylic acids is 3. The molecule has 0 fully saturated rings. The SMILES string of the molecule is CCC/C=C/CCCCCCCCCCCCCCCCC[N+](C(CC)C(=O)O)(C(CC)C(=O)O)C(CC)C(=O)O. The molecule has 0 rings (SSSR count). The van der Waals surface area contributed by atoms with Gasteiger partial charge in [-0.15, -0.1) is 0 Å². The van der Waals surface area contributed by atoms with Crippen molar-refractivity contribution in [3.8, 4) is 0 Å². The molecule has 0 bridgehead atoms. The van der Waals surface area contributed by atoms with Gasteiger partial charge in [0.05, 0.1) is 6.54 Å². The topological polar surface area (TPSA) is 112 Å². The summed E-state index contributed by atoms with van der Waals surface area (Å²) in [5, 5.41) is 30.1. The molecule has 0 saturated carbocycles. The maximum absolute atomic E-state index is 12.3. The molecule has 3 atom stereocenters. The molecule has 3 unspecified atom stereocenters. The third kappa shape index (κ3) is 15.2. The summed E-state index contributed by atoms with van der Waals surface area (Å²) in [6.07, 6.45) is 26.9. The molecule has 0 aliphatic heterocycles. The van der Waals surface area contributed by atoms with E-state index in [1.165, 1.54) is 89.9 Å². The summed E-state index contributed by atoms with van der Waals surface area (Å²) in [6, 6.07) is -3.18. The van der Waals surface area contributed by atoms with Crippen LogP contribution >= 0.6 is 0 Å². The minimum Gasteiger partial charge on any atom is -0.477 e. The van der Waals surface area contributed by atoms with Crippen LogP contribution < -0.4 is 0 Å². The third-order valence-electron chi connectivity index (χ3n) is 8.79.